The average Bonchev–Trinajstić information content (AvgIpc) is 2.73. The molecule has 0 aliphatic heterocycles. The van der Waals surface area contributed by atoms with Gasteiger partial charge in [0, 0.05) is 16.3 Å². The lowest BCUT2D eigenvalue weighted by molar-refractivity contribution is 0.484. The number of aromatic nitrogens is 1. The Balaban J connectivity index is 1.61. The molecule has 8 heteroatoms. The lowest BCUT2D eigenvalue weighted by Gasteiger charge is -2.15. The number of benzene rings is 3. The van der Waals surface area contributed by atoms with Crippen LogP contribution >= 0.6 is 0 Å². The maximum Gasteiger partial charge on any atom is 0.295 e. The van der Waals surface area contributed by atoms with Gasteiger partial charge in [0.2, 0.25) is 0 Å². The van der Waals surface area contributed by atoms with Gasteiger partial charge in [0.05, 0.1) is 29.0 Å². The predicted molar refractivity (Wildman–Crippen MR) is 120 cm³/mol. The SMILES string of the molecule is Cc1ccc(-c2ccc(NNc3cc(S(=O)(=O)O)c4ccccc4c3N)cn2)cc1. The summed E-state index contributed by atoms with van der Waals surface area (Å²) in [6, 6.07) is 19.8. The van der Waals surface area contributed by atoms with Crippen molar-refractivity contribution in [2.24, 2.45) is 0 Å². The molecule has 3 aromatic carbocycles. The second kappa shape index (κ2) is 7.66. The number of anilines is 3. The molecule has 5 N–H and O–H groups in total. The third-order valence-corrected chi connectivity index (χ3v) is 5.67. The van der Waals surface area contributed by atoms with Crippen molar-refractivity contribution in [1.82, 2.24) is 4.98 Å². The molecule has 0 atom stereocenters. The first-order chi connectivity index (χ1) is 14.3. The van der Waals surface area contributed by atoms with Gasteiger partial charge in [-0.25, -0.2) is 0 Å². The van der Waals surface area contributed by atoms with Gasteiger partial charge in [-0.05, 0) is 25.1 Å². The van der Waals surface area contributed by atoms with Crippen molar-refractivity contribution >= 4 is 38.0 Å². The first-order valence-electron chi connectivity index (χ1n) is 9.17. The van der Waals surface area contributed by atoms with Crippen LogP contribution in [-0.2, 0) is 10.1 Å². The van der Waals surface area contributed by atoms with E-state index in [9.17, 15) is 13.0 Å². The van der Waals surface area contributed by atoms with Crippen LogP contribution in [-0.4, -0.2) is 18.0 Å². The van der Waals surface area contributed by atoms with Crippen molar-refractivity contribution in [3.05, 3.63) is 78.5 Å². The molecule has 0 spiro atoms. The van der Waals surface area contributed by atoms with Crippen molar-refractivity contribution in [1.29, 1.82) is 0 Å². The van der Waals surface area contributed by atoms with E-state index in [1.165, 1.54) is 11.6 Å². The molecular formula is C22H20N4O3S. The maximum absolute atomic E-state index is 11.8. The summed E-state index contributed by atoms with van der Waals surface area (Å²) in [6.07, 6.45) is 1.66. The van der Waals surface area contributed by atoms with Crippen LogP contribution < -0.4 is 16.6 Å². The Morgan fingerprint density at radius 2 is 1.63 bits per heavy atom. The molecule has 1 heterocycles. The molecule has 0 fully saturated rings. The molecule has 4 aromatic rings. The number of nitrogen functional groups attached to an aromatic ring is 1. The van der Waals surface area contributed by atoms with E-state index in [1.54, 1.807) is 30.5 Å². The summed E-state index contributed by atoms with van der Waals surface area (Å²) in [5, 5.41) is 0.872. The van der Waals surface area contributed by atoms with E-state index in [0.29, 0.717) is 27.8 Å². The molecule has 4 rings (SSSR count). The number of hydrogen-bond acceptors (Lipinski definition) is 6. The summed E-state index contributed by atoms with van der Waals surface area (Å²) in [5.41, 5.74) is 16.4. The summed E-state index contributed by atoms with van der Waals surface area (Å²) in [4.78, 5) is 4.23. The van der Waals surface area contributed by atoms with Gasteiger partial charge in [0.25, 0.3) is 10.1 Å². The van der Waals surface area contributed by atoms with Crippen molar-refractivity contribution < 1.29 is 13.0 Å². The van der Waals surface area contributed by atoms with Crippen molar-refractivity contribution in [3.8, 4) is 11.3 Å². The Hall–Kier alpha value is -3.62. The molecule has 0 saturated carbocycles. The van der Waals surface area contributed by atoms with Gasteiger partial charge in [0.15, 0.2) is 0 Å². The Morgan fingerprint density at radius 3 is 2.27 bits per heavy atom. The zero-order chi connectivity index (χ0) is 21.3. The molecule has 30 heavy (non-hydrogen) atoms. The Morgan fingerprint density at radius 1 is 0.933 bits per heavy atom. The van der Waals surface area contributed by atoms with E-state index in [2.05, 4.69) is 15.8 Å². The predicted octanol–water partition coefficient (Wildman–Crippen LogP) is 4.48. The normalized spacial score (nSPS) is 11.4. The molecule has 1 aromatic heterocycles. The molecule has 0 amide bonds. The third kappa shape index (κ3) is 3.91. The average molecular weight is 420 g/mol. The van der Waals surface area contributed by atoms with Gasteiger partial charge < -0.3 is 5.73 Å². The van der Waals surface area contributed by atoms with Gasteiger partial charge in [0.1, 0.15) is 4.90 Å². The fourth-order valence-corrected chi connectivity index (χ4v) is 3.91. The van der Waals surface area contributed by atoms with E-state index < -0.39 is 10.1 Å². The van der Waals surface area contributed by atoms with Gasteiger partial charge in [-0.1, -0.05) is 54.1 Å². The lowest BCUT2D eigenvalue weighted by Crippen LogP contribution is -2.12. The first kappa shape index (κ1) is 19.7. The Bertz CT molecular complexity index is 1320. The zero-order valence-corrected chi connectivity index (χ0v) is 16.9. The third-order valence-electron chi connectivity index (χ3n) is 4.78. The smallest absolute Gasteiger partial charge is 0.295 e. The molecule has 0 aliphatic carbocycles. The highest BCUT2D eigenvalue weighted by molar-refractivity contribution is 7.86. The monoisotopic (exact) mass is 420 g/mol. The molecule has 152 valence electrons. The van der Waals surface area contributed by atoms with Crippen molar-refractivity contribution in [3.63, 3.8) is 0 Å². The van der Waals surface area contributed by atoms with E-state index in [4.69, 9.17) is 5.73 Å². The molecule has 7 nitrogen and oxygen atoms in total. The number of rotatable bonds is 5. The number of pyridine rings is 1. The number of fused-ring (bicyclic) bond motifs is 1. The van der Waals surface area contributed by atoms with Crippen LogP contribution in [0.2, 0.25) is 0 Å². The highest BCUT2D eigenvalue weighted by Crippen LogP contribution is 2.34. The summed E-state index contributed by atoms with van der Waals surface area (Å²) in [5.74, 6) is 0. The highest BCUT2D eigenvalue weighted by Gasteiger charge is 2.18. The zero-order valence-electron chi connectivity index (χ0n) is 16.1. The minimum absolute atomic E-state index is 0.218. The van der Waals surface area contributed by atoms with Gasteiger partial charge in [-0.15, -0.1) is 0 Å². The second-order valence-electron chi connectivity index (χ2n) is 6.90. The summed E-state index contributed by atoms with van der Waals surface area (Å²) >= 11 is 0. The topological polar surface area (TPSA) is 117 Å². The Labute approximate surface area is 174 Å². The van der Waals surface area contributed by atoms with Crippen LogP contribution in [0.5, 0.6) is 0 Å². The molecule has 0 saturated heterocycles. The number of nitrogens with zero attached hydrogens (tertiary/aromatic N) is 1. The van der Waals surface area contributed by atoms with Crippen LogP contribution in [0, 0.1) is 6.92 Å². The van der Waals surface area contributed by atoms with Crippen molar-refractivity contribution in [2.45, 2.75) is 11.8 Å². The number of nitrogens with two attached hydrogens (primary N) is 1. The number of hydrazine groups is 1. The quantitative estimate of drug-likeness (QED) is 0.214. The standard InChI is InChI=1S/C22H20N4O3S/c1-14-6-8-15(9-7-14)19-11-10-16(13-24-19)25-26-20-12-21(30(27,28)29)17-4-2-3-5-18(17)22(20)23/h2-13,25-26H,23H2,1H3,(H,27,28,29). The van der Waals surface area contributed by atoms with E-state index in [-0.39, 0.29) is 4.90 Å². The Kier molecular flexibility index (Phi) is 5.03. The van der Waals surface area contributed by atoms with Crippen LogP contribution in [0.1, 0.15) is 5.56 Å². The number of aryl methyl sites for hydroxylation is 1. The molecule has 0 unspecified atom stereocenters. The minimum atomic E-state index is -4.43. The fourth-order valence-electron chi connectivity index (χ4n) is 3.18. The molecule has 0 radical (unpaired) electrons. The van der Waals surface area contributed by atoms with Gasteiger partial charge in [-0.2, -0.15) is 8.42 Å². The highest BCUT2D eigenvalue weighted by atomic mass is 32.2. The molecule has 0 aliphatic rings. The molecular weight excluding hydrogens is 400 g/mol. The number of hydrogen-bond donors (Lipinski definition) is 4. The van der Waals surface area contributed by atoms with Crippen LogP contribution in [0.3, 0.4) is 0 Å². The first-order valence-corrected chi connectivity index (χ1v) is 10.6. The van der Waals surface area contributed by atoms with Crippen LogP contribution in [0.4, 0.5) is 17.1 Å². The second-order valence-corrected chi connectivity index (χ2v) is 8.29. The fraction of sp³-hybridized carbons (Fsp3) is 0.0455. The summed E-state index contributed by atoms with van der Waals surface area (Å²) in [7, 11) is -4.43. The summed E-state index contributed by atoms with van der Waals surface area (Å²) in [6.45, 7) is 2.03. The van der Waals surface area contributed by atoms with E-state index in [1.807, 2.05) is 43.3 Å². The van der Waals surface area contributed by atoms with Crippen LogP contribution in [0.15, 0.2) is 77.8 Å². The maximum atomic E-state index is 11.8. The van der Waals surface area contributed by atoms with Crippen LogP contribution in [0.25, 0.3) is 22.0 Å². The van der Waals surface area contributed by atoms with E-state index in [0.717, 1.165) is 11.3 Å². The largest absolute Gasteiger partial charge is 0.396 e. The lowest BCUT2D eigenvalue weighted by atomic mass is 10.1. The minimum Gasteiger partial charge on any atom is -0.396 e. The summed E-state index contributed by atoms with van der Waals surface area (Å²) < 4.78 is 33.3. The van der Waals surface area contributed by atoms with E-state index >= 15 is 0 Å². The van der Waals surface area contributed by atoms with Gasteiger partial charge in [-0.3, -0.25) is 20.4 Å². The van der Waals surface area contributed by atoms with Crippen molar-refractivity contribution in [2.75, 3.05) is 16.6 Å². The number of nitrogens with one attached hydrogen (secondary N) is 2. The molecule has 0 bridgehead atoms. The van der Waals surface area contributed by atoms with Gasteiger partial charge >= 0.3 is 0 Å².